The van der Waals surface area contributed by atoms with Crippen LogP contribution in [0.25, 0.3) is 0 Å². The van der Waals surface area contributed by atoms with E-state index < -0.39 is 0 Å². The van der Waals surface area contributed by atoms with E-state index in [1.54, 1.807) is 17.7 Å². The molecule has 0 saturated carbocycles. The van der Waals surface area contributed by atoms with Crippen LogP contribution in [0.5, 0.6) is 0 Å². The highest BCUT2D eigenvalue weighted by Crippen LogP contribution is 2.17. The third-order valence-electron chi connectivity index (χ3n) is 2.51. The monoisotopic (exact) mass is 220 g/mol. The Kier molecular flexibility index (Phi) is 2.85. The number of anilines is 1. The summed E-state index contributed by atoms with van der Waals surface area (Å²) >= 11 is 0. The fourth-order valence-corrected chi connectivity index (χ4v) is 1.45. The fraction of sp³-hybridized carbons (Fsp3) is 0.273. The smallest absolute Gasteiger partial charge is 0.145 e. The zero-order valence-corrected chi connectivity index (χ0v) is 9.24. The Labute approximate surface area is 93.1 Å². The first-order valence-corrected chi connectivity index (χ1v) is 5.00. The maximum atomic E-state index is 13.3. The lowest BCUT2D eigenvalue weighted by Crippen LogP contribution is -2.07. The first-order chi connectivity index (χ1) is 7.68. The standard InChI is InChI=1S/C11H13FN4/c1-8-9(12)4-3-5-10(8)13-6-11-14-7-15-16(11)2/h3-5,7,13H,6H2,1-2H3. The van der Waals surface area contributed by atoms with Gasteiger partial charge in [-0.1, -0.05) is 6.07 Å². The Balaban J connectivity index is 2.11. The van der Waals surface area contributed by atoms with Crippen molar-refractivity contribution in [1.29, 1.82) is 0 Å². The largest absolute Gasteiger partial charge is 0.377 e. The van der Waals surface area contributed by atoms with Gasteiger partial charge in [0.1, 0.15) is 18.0 Å². The van der Waals surface area contributed by atoms with Gasteiger partial charge in [-0.05, 0) is 19.1 Å². The van der Waals surface area contributed by atoms with Crippen molar-refractivity contribution in [1.82, 2.24) is 14.8 Å². The summed E-state index contributed by atoms with van der Waals surface area (Å²) in [6.45, 7) is 2.27. The summed E-state index contributed by atoms with van der Waals surface area (Å²) in [5.41, 5.74) is 1.40. The average molecular weight is 220 g/mol. The summed E-state index contributed by atoms with van der Waals surface area (Å²) in [5, 5.41) is 7.09. The Morgan fingerprint density at radius 2 is 2.25 bits per heavy atom. The molecule has 84 valence electrons. The summed E-state index contributed by atoms with van der Waals surface area (Å²) in [5.74, 6) is 0.603. The van der Waals surface area contributed by atoms with Gasteiger partial charge >= 0.3 is 0 Å². The number of halogens is 1. The quantitative estimate of drug-likeness (QED) is 0.858. The Bertz CT molecular complexity index is 492. The molecule has 0 unspecified atom stereocenters. The molecule has 1 N–H and O–H groups in total. The molecule has 0 fully saturated rings. The van der Waals surface area contributed by atoms with Crippen molar-refractivity contribution >= 4 is 5.69 Å². The van der Waals surface area contributed by atoms with Crippen molar-refractivity contribution < 1.29 is 4.39 Å². The van der Waals surface area contributed by atoms with Crippen LogP contribution in [0.3, 0.4) is 0 Å². The van der Waals surface area contributed by atoms with E-state index in [9.17, 15) is 4.39 Å². The summed E-state index contributed by atoms with van der Waals surface area (Å²) in [4.78, 5) is 4.08. The van der Waals surface area contributed by atoms with Crippen LogP contribution in [0.15, 0.2) is 24.5 Å². The molecular weight excluding hydrogens is 207 g/mol. The molecule has 0 aliphatic carbocycles. The molecule has 2 aromatic rings. The van der Waals surface area contributed by atoms with E-state index in [1.165, 1.54) is 12.4 Å². The Hall–Kier alpha value is -1.91. The molecule has 0 bridgehead atoms. The van der Waals surface area contributed by atoms with Crippen molar-refractivity contribution in [3.8, 4) is 0 Å². The lowest BCUT2D eigenvalue weighted by atomic mass is 10.2. The lowest BCUT2D eigenvalue weighted by molar-refractivity contribution is 0.619. The van der Waals surface area contributed by atoms with Gasteiger partial charge in [0.25, 0.3) is 0 Å². The predicted molar refractivity (Wildman–Crippen MR) is 59.5 cm³/mol. The van der Waals surface area contributed by atoms with Gasteiger partial charge in [0, 0.05) is 18.3 Å². The van der Waals surface area contributed by atoms with Gasteiger partial charge in [-0.25, -0.2) is 9.37 Å². The van der Waals surface area contributed by atoms with Crippen LogP contribution in [0.1, 0.15) is 11.4 Å². The van der Waals surface area contributed by atoms with Crippen LogP contribution >= 0.6 is 0 Å². The molecule has 0 amide bonds. The summed E-state index contributed by atoms with van der Waals surface area (Å²) in [6.07, 6.45) is 1.50. The topological polar surface area (TPSA) is 42.7 Å². The molecule has 0 saturated heterocycles. The molecule has 0 aliphatic rings. The molecule has 1 aromatic carbocycles. The van der Waals surface area contributed by atoms with Gasteiger partial charge in [-0.3, -0.25) is 4.68 Å². The number of rotatable bonds is 3. The Morgan fingerprint density at radius 1 is 1.44 bits per heavy atom. The van der Waals surface area contributed by atoms with Crippen LogP contribution in [0.2, 0.25) is 0 Å². The Morgan fingerprint density at radius 3 is 2.94 bits per heavy atom. The summed E-state index contributed by atoms with van der Waals surface area (Å²) < 4.78 is 14.9. The van der Waals surface area contributed by atoms with Crippen molar-refractivity contribution in [2.75, 3.05) is 5.32 Å². The van der Waals surface area contributed by atoms with Gasteiger partial charge in [-0.2, -0.15) is 5.10 Å². The number of benzene rings is 1. The molecule has 0 atom stereocenters. The van der Waals surface area contributed by atoms with Gasteiger partial charge in [-0.15, -0.1) is 0 Å². The number of hydrogen-bond acceptors (Lipinski definition) is 3. The van der Waals surface area contributed by atoms with Crippen LogP contribution < -0.4 is 5.32 Å². The van der Waals surface area contributed by atoms with Gasteiger partial charge < -0.3 is 5.32 Å². The second-order valence-electron chi connectivity index (χ2n) is 3.57. The van der Waals surface area contributed by atoms with E-state index in [0.29, 0.717) is 12.1 Å². The van der Waals surface area contributed by atoms with Crippen LogP contribution in [-0.4, -0.2) is 14.8 Å². The van der Waals surface area contributed by atoms with Crippen LogP contribution in [-0.2, 0) is 13.6 Å². The van der Waals surface area contributed by atoms with E-state index in [1.807, 2.05) is 13.1 Å². The zero-order valence-electron chi connectivity index (χ0n) is 9.24. The minimum atomic E-state index is -0.206. The highest BCUT2D eigenvalue weighted by atomic mass is 19.1. The molecule has 0 aliphatic heterocycles. The van der Waals surface area contributed by atoms with Crippen molar-refractivity contribution in [2.24, 2.45) is 7.05 Å². The number of aromatic nitrogens is 3. The molecule has 4 nitrogen and oxygen atoms in total. The van der Waals surface area contributed by atoms with Crippen molar-refractivity contribution in [2.45, 2.75) is 13.5 Å². The summed E-state index contributed by atoms with van der Waals surface area (Å²) in [7, 11) is 1.82. The number of aryl methyl sites for hydroxylation is 1. The van der Waals surface area contributed by atoms with E-state index in [0.717, 1.165) is 11.5 Å². The normalized spacial score (nSPS) is 10.4. The second kappa shape index (κ2) is 4.30. The minimum absolute atomic E-state index is 0.206. The molecule has 2 rings (SSSR count). The predicted octanol–water partition coefficient (Wildman–Crippen LogP) is 1.87. The summed E-state index contributed by atoms with van der Waals surface area (Å²) in [6, 6.07) is 4.97. The number of nitrogens with one attached hydrogen (secondary N) is 1. The number of hydrogen-bond donors (Lipinski definition) is 1. The first-order valence-electron chi connectivity index (χ1n) is 5.00. The highest BCUT2D eigenvalue weighted by molar-refractivity contribution is 5.50. The average Bonchev–Trinajstić information content (AvgIpc) is 2.67. The van der Waals surface area contributed by atoms with E-state index >= 15 is 0 Å². The highest BCUT2D eigenvalue weighted by Gasteiger charge is 2.04. The van der Waals surface area contributed by atoms with Crippen molar-refractivity contribution in [3.63, 3.8) is 0 Å². The first kappa shape index (κ1) is 10.6. The van der Waals surface area contributed by atoms with Crippen molar-refractivity contribution in [3.05, 3.63) is 41.7 Å². The maximum absolute atomic E-state index is 13.3. The minimum Gasteiger partial charge on any atom is -0.377 e. The van der Waals surface area contributed by atoms with E-state index in [2.05, 4.69) is 15.4 Å². The van der Waals surface area contributed by atoms with E-state index in [4.69, 9.17) is 0 Å². The van der Waals surface area contributed by atoms with E-state index in [-0.39, 0.29) is 5.82 Å². The maximum Gasteiger partial charge on any atom is 0.145 e. The molecule has 0 spiro atoms. The molecular formula is C11H13FN4. The van der Waals surface area contributed by atoms with Gasteiger partial charge in [0.05, 0.1) is 6.54 Å². The zero-order chi connectivity index (χ0) is 11.5. The SMILES string of the molecule is Cc1c(F)cccc1NCc1ncnn1C. The molecule has 5 heteroatoms. The number of nitrogens with zero attached hydrogens (tertiary/aromatic N) is 3. The molecule has 0 radical (unpaired) electrons. The van der Waals surface area contributed by atoms with Crippen LogP contribution in [0.4, 0.5) is 10.1 Å². The second-order valence-corrected chi connectivity index (χ2v) is 3.57. The fourth-order valence-electron chi connectivity index (χ4n) is 1.45. The molecule has 1 aromatic heterocycles. The van der Waals surface area contributed by atoms with Gasteiger partial charge in [0.2, 0.25) is 0 Å². The van der Waals surface area contributed by atoms with Crippen LogP contribution in [0, 0.1) is 12.7 Å². The third kappa shape index (κ3) is 2.03. The molecule has 16 heavy (non-hydrogen) atoms. The lowest BCUT2D eigenvalue weighted by Gasteiger charge is -2.09. The molecule has 1 heterocycles. The van der Waals surface area contributed by atoms with Gasteiger partial charge in [0.15, 0.2) is 0 Å². The third-order valence-corrected chi connectivity index (χ3v) is 2.51.